The molecule has 0 saturated carbocycles. The Labute approximate surface area is 126 Å². The van der Waals surface area contributed by atoms with E-state index in [1.807, 2.05) is 23.6 Å². The third-order valence-electron chi connectivity index (χ3n) is 3.76. The molecule has 2 atom stereocenters. The van der Waals surface area contributed by atoms with E-state index in [9.17, 15) is 0 Å². The quantitative estimate of drug-likeness (QED) is 0.840. The second-order valence-corrected chi connectivity index (χ2v) is 6.65. The first-order valence-corrected chi connectivity index (χ1v) is 8.16. The highest BCUT2D eigenvalue weighted by molar-refractivity contribution is 7.12. The number of aromatic nitrogens is 1. The number of nitrogens with zero attached hydrogens (tertiary/aromatic N) is 1. The van der Waals surface area contributed by atoms with Gasteiger partial charge in [0.2, 0.25) is 0 Å². The monoisotopic (exact) mass is 288 g/mol. The molecule has 2 heterocycles. The zero-order chi connectivity index (χ0) is 14.5. The van der Waals surface area contributed by atoms with Crippen molar-refractivity contribution in [2.75, 3.05) is 6.54 Å². The Morgan fingerprint density at radius 3 is 2.65 bits per heavy atom. The van der Waals surface area contributed by atoms with E-state index in [4.69, 9.17) is 0 Å². The summed E-state index contributed by atoms with van der Waals surface area (Å²) >= 11 is 1.91. The Morgan fingerprint density at radius 2 is 2.10 bits per heavy atom. The number of pyridine rings is 1. The minimum Gasteiger partial charge on any atom is -0.309 e. The highest BCUT2D eigenvalue weighted by Crippen LogP contribution is 2.35. The number of hydrogen-bond donors (Lipinski definition) is 1. The first kappa shape index (κ1) is 15.2. The van der Waals surface area contributed by atoms with Crippen molar-refractivity contribution in [3.8, 4) is 0 Å². The number of aryl methyl sites for hydroxylation is 2. The molecule has 0 spiro atoms. The van der Waals surface area contributed by atoms with Gasteiger partial charge in [0, 0.05) is 33.6 Å². The van der Waals surface area contributed by atoms with Crippen LogP contribution in [0.1, 0.15) is 53.2 Å². The number of hydrogen-bond acceptors (Lipinski definition) is 3. The minimum atomic E-state index is 0.349. The number of rotatable bonds is 6. The molecule has 0 radical (unpaired) electrons. The summed E-state index contributed by atoms with van der Waals surface area (Å²) in [6.45, 7) is 9.90. The summed E-state index contributed by atoms with van der Waals surface area (Å²) in [6.07, 6.45) is 3.03. The summed E-state index contributed by atoms with van der Waals surface area (Å²) in [5.41, 5.74) is 2.55. The SMILES string of the molecule is CCCNC(c1cc(C)c(C)s1)C(C)c1ccccn1. The van der Waals surface area contributed by atoms with Crippen LogP contribution in [-0.2, 0) is 0 Å². The highest BCUT2D eigenvalue weighted by Gasteiger charge is 2.23. The van der Waals surface area contributed by atoms with Gasteiger partial charge in [0.15, 0.2) is 0 Å². The van der Waals surface area contributed by atoms with E-state index in [-0.39, 0.29) is 0 Å². The third kappa shape index (κ3) is 3.47. The molecular weight excluding hydrogens is 264 g/mol. The van der Waals surface area contributed by atoms with E-state index in [0.717, 1.165) is 18.7 Å². The summed E-state index contributed by atoms with van der Waals surface area (Å²) in [4.78, 5) is 7.36. The molecule has 0 aliphatic rings. The molecule has 2 aromatic heterocycles. The predicted molar refractivity (Wildman–Crippen MR) is 87.5 cm³/mol. The van der Waals surface area contributed by atoms with Gasteiger partial charge in [0.05, 0.1) is 0 Å². The van der Waals surface area contributed by atoms with Crippen molar-refractivity contribution in [3.63, 3.8) is 0 Å². The summed E-state index contributed by atoms with van der Waals surface area (Å²) in [5.74, 6) is 0.375. The Bertz CT molecular complexity index is 514. The van der Waals surface area contributed by atoms with Crippen LogP contribution in [0.3, 0.4) is 0 Å². The van der Waals surface area contributed by atoms with Gasteiger partial charge in [-0.2, -0.15) is 0 Å². The number of thiophene rings is 1. The van der Waals surface area contributed by atoms with Crippen LogP contribution in [0.15, 0.2) is 30.5 Å². The molecule has 2 rings (SSSR count). The van der Waals surface area contributed by atoms with Crippen LogP contribution in [0.5, 0.6) is 0 Å². The van der Waals surface area contributed by atoms with E-state index in [1.54, 1.807) is 0 Å². The van der Waals surface area contributed by atoms with Crippen LogP contribution in [0.25, 0.3) is 0 Å². The molecule has 2 unspecified atom stereocenters. The maximum Gasteiger partial charge on any atom is 0.0497 e. The van der Waals surface area contributed by atoms with Crippen LogP contribution in [0, 0.1) is 13.8 Å². The first-order chi connectivity index (χ1) is 9.63. The topological polar surface area (TPSA) is 24.9 Å². The van der Waals surface area contributed by atoms with Crippen LogP contribution < -0.4 is 5.32 Å². The molecule has 0 fully saturated rings. The molecule has 108 valence electrons. The second kappa shape index (κ2) is 7.00. The van der Waals surface area contributed by atoms with Crippen molar-refractivity contribution < 1.29 is 0 Å². The zero-order valence-corrected chi connectivity index (χ0v) is 13.6. The zero-order valence-electron chi connectivity index (χ0n) is 12.8. The normalized spacial score (nSPS) is 14.2. The largest absolute Gasteiger partial charge is 0.309 e. The third-order valence-corrected chi connectivity index (χ3v) is 5.00. The molecular formula is C17H24N2S. The van der Waals surface area contributed by atoms with Crippen molar-refractivity contribution >= 4 is 11.3 Å². The van der Waals surface area contributed by atoms with Crippen LogP contribution >= 0.6 is 11.3 Å². The molecule has 20 heavy (non-hydrogen) atoms. The lowest BCUT2D eigenvalue weighted by molar-refractivity contribution is 0.466. The molecule has 3 heteroatoms. The van der Waals surface area contributed by atoms with Gasteiger partial charge < -0.3 is 5.32 Å². The van der Waals surface area contributed by atoms with Crippen molar-refractivity contribution in [1.82, 2.24) is 10.3 Å². The fourth-order valence-corrected chi connectivity index (χ4v) is 3.62. The maximum absolute atomic E-state index is 4.53. The van der Waals surface area contributed by atoms with Gasteiger partial charge in [-0.25, -0.2) is 0 Å². The Morgan fingerprint density at radius 1 is 1.30 bits per heavy atom. The van der Waals surface area contributed by atoms with Crippen LogP contribution in [-0.4, -0.2) is 11.5 Å². The van der Waals surface area contributed by atoms with Gasteiger partial charge >= 0.3 is 0 Å². The van der Waals surface area contributed by atoms with Crippen LogP contribution in [0.2, 0.25) is 0 Å². The molecule has 0 amide bonds. The lowest BCUT2D eigenvalue weighted by Crippen LogP contribution is -2.26. The first-order valence-electron chi connectivity index (χ1n) is 7.34. The standard InChI is InChI=1S/C17H24N2S/c1-5-9-19-17(16-11-12(2)14(4)20-16)13(3)15-8-6-7-10-18-15/h6-8,10-11,13,17,19H,5,9H2,1-4H3. The Hall–Kier alpha value is -1.19. The second-order valence-electron chi connectivity index (χ2n) is 5.36. The van der Waals surface area contributed by atoms with E-state index in [2.05, 4.69) is 56.2 Å². The number of nitrogens with one attached hydrogen (secondary N) is 1. The summed E-state index contributed by atoms with van der Waals surface area (Å²) < 4.78 is 0. The fraction of sp³-hybridized carbons (Fsp3) is 0.471. The summed E-state index contributed by atoms with van der Waals surface area (Å²) in [5, 5.41) is 3.69. The van der Waals surface area contributed by atoms with Gasteiger partial charge in [-0.3, -0.25) is 4.98 Å². The average molecular weight is 288 g/mol. The minimum absolute atomic E-state index is 0.349. The highest BCUT2D eigenvalue weighted by atomic mass is 32.1. The summed E-state index contributed by atoms with van der Waals surface area (Å²) in [7, 11) is 0. The van der Waals surface area contributed by atoms with E-state index in [0.29, 0.717) is 12.0 Å². The Kier molecular flexibility index (Phi) is 5.32. The molecule has 2 nitrogen and oxygen atoms in total. The van der Waals surface area contributed by atoms with Crippen molar-refractivity contribution in [2.45, 2.75) is 46.1 Å². The van der Waals surface area contributed by atoms with Crippen molar-refractivity contribution in [2.24, 2.45) is 0 Å². The van der Waals surface area contributed by atoms with Gasteiger partial charge in [-0.1, -0.05) is 19.9 Å². The van der Waals surface area contributed by atoms with Gasteiger partial charge in [0.1, 0.15) is 0 Å². The van der Waals surface area contributed by atoms with Crippen molar-refractivity contribution in [3.05, 3.63) is 51.5 Å². The van der Waals surface area contributed by atoms with E-state index in [1.165, 1.54) is 15.3 Å². The average Bonchev–Trinajstić information content (AvgIpc) is 2.79. The molecule has 0 aromatic carbocycles. The van der Waals surface area contributed by atoms with Gasteiger partial charge in [-0.15, -0.1) is 11.3 Å². The Balaban J connectivity index is 2.27. The fourth-order valence-electron chi connectivity index (χ4n) is 2.39. The summed E-state index contributed by atoms with van der Waals surface area (Å²) in [6, 6.07) is 8.85. The maximum atomic E-state index is 4.53. The molecule has 1 N–H and O–H groups in total. The molecule has 0 saturated heterocycles. The van der Waals surface area contributed by atoms with Gasteiger partial charge in [0.25, 0.3) is 0 Å². The molecule has 2 aromatic rings. The van der Waals surface area contributed by atoms with E-state index >= 15 is 0 Å². The van der Waals surface area contributed by atoms with Gasteiger partial charge in [-0.05, 0) is 50.6 Å². The predicted octanol–water partition coefficient (Wildman–Crippen LogP) is 4.60. The van der Waals surface area contributed by atoms with E-state index < -0.39 is 0 Å². The van der Waals surface area contributed by atoms with Crippen LogP contribution in [0.4, 0.5) is 0 Å². The molecule has 0 bridgehead atoms. The smallest absolute Gasteiger partial charge is 0.0497 e. The lowest BCUT2D eigenvalue weighted by atomic mass is 9.95. The molecule has 0 aliphatic carbocycles. The van der Waals surface area contributed by atoms with Crippen molar-refractivity contribution in [1.29, 1.82) is 0 Å². The molecule has 0 aliphatic heterocycles. The lowest BCUT2D eigenvalue weighted by Gasteiger charge is -2.24.